The Morgan fingerprint density at radius 2 is 0.940 bits per heavy atom. The van der Waals surface area contributed by atoms with Crippen LogP contribution < -0.4 is 4.74 Å². The van der Waals surface area contributed by atoms with Crippen LogP contribution in [0.3, 0.4) is 0 Å². The Morgan fingerprint density at radius 1 is 0.380 bits per heavy atom. The van der Waals surface area contributed by atoms with Gasteiger partial charge < -0.3 is 4.74 Å². The molecule has 50 heavy (non-hydrogen) atoms. The van der Waals surface area contributed by atoms with Crippen molar-refractivity contribution in [2.75, 3.05) is 0 Å². The Bertz CT molecular complexity index is 2570. The van der Waals surface area contributed by atoms with E-state index in [1.54, 1.807) is 0 Å². The van der Waals surface area contributed by atoms with E-state index in [-0.39, 0.29) is 5.41 Å². The van der Waals surface area contributed by atoms with Gasteiger partial charge in [0, 0.05) is 22.1 Å². The first-order valence-corrected chi connectivity index (χ1v) is 17.4. The van der Waals surface area contributed by atoms with Gasteiger partial charge in [-0.15, -0.1) is 0 Å². The summed E-state index contributed by atoms with van der Waals surface area (Å²) in [5.41, 5.74) is 12.8. The molecule has 236 valence electrons. The van der Waals surface area contributed by atoms with Gasteiger partial charge in [-0.2, -0.15) is 0 Å². The van der Waals surface area contributed by atoms with E-state index < -0.39 is 5.41 Å². The predicted octanol–water partition coefficient (Wildman–Crippen LogP) is 12.3. The lowest BCUT2D eigenvalue weighted by atomic mass is 9.67. The average Bonchev–Trinajstić information content (AvgIpc) is 3.47. The van der Waals surface area contributed by atoms with Crippen LogP contribution in [0.2, 0.25) is 0 Å². The zero-order valence-electron chi connectivity index (χ0n) is 27.8. The Kier molecular flexibility index (Phi) is 6.29. The molecule has 0 bridgehead atoms. The van der Waals surface area contributed by atoms with Gasteiger partial charge in [-0.1, -0.05) is 170 Å². The number of ether oxygens (including phenoxy) is 1. The minimum absolute atomic E-state index is 0.362. The van der Waals surface area contributed by atoms with Crippen LogP contribution in [0.4, 0.5) is 0 Å². The van der Waals surface area contributed by atoms with Crippen LogP contribution in [-0.2, 0) is 10.8 Å². The van der Waals surface area contributed by atoms with Crippen LogP contribution in [0.25, 0.3) is 33.0 Å². The molecule has 1 aliphatic carbocycles. The third kappa shape index (κ3) is 3.95. The molecule has 0 aromatic heterocycles. The van der Waals surface area contributed by atoms with Crippen LogP contribution in [0.1, 0.15) is 45.9 Å². The van der Waals surface area contributed by atoms with Gasteiger partial charge in [0.1, 0.15) is 11.5 Å². The molecular weight excluding hydrogens is 605 g/mol. The standard InChI is InChI=1S/C49H34O/c1-48(36-17-4-2-5-18-36)43-24-12-13-26-46(43)50-47-39(22-14-25-44(47)48)33-27-29-38(30-28-33)49(37-19-6-3-7-20-37)42-23-11-10-21-40(42)41-31-34-15-8-9-16-35(34)32-45(41)49/h2-32H,1H3. The molecule has 0 amide bonds. The quantitative estimate of drug-likeness (QED) is 0.186. The van der Waals surface area contributed by atoms with Crippen molar-refractivity contribution in [3.63, 3.8) is 0 Å². The first kappa shape index (κ1) is 28.8. The van der Waals surface area contributed by atoms with Crippen molar-refractivity contribution in [1.82, 2.24) is 0 Å². The highest BCUT2D eigenvalue weighted by molar-refractivity contribution is 5.96. The van der Waals surface area contributed by atoms with Crippen molar-refractivity contribution < 1.29 is 4.74 Å². The highest BCUT2D eigenvalue weighted by atomic mass is 16.5. The number of fused-ring (bicyclic) bond motifs is 6. The Hall–Kier alpha value is -6.18. The summed E-state index contributed by atoms with van der Waals surface area (Å²) in [5, 5.41) is 2.52. The van der Waals surface area contributed by atoms with E-state index in [9.17, 15) is 0 Å². The lowest BCUT2D eigenvalue weighted by Gasteiger charge is -2.39. The van der Waals surface area contributed by atoms with Gasteiger partial charge in [0.2, 0.25) is 0 Å². The topological polar surface area (TPSA) is 9.23 Å². The SMILES string of the molecule is CC1(c2ccccc2)c2ccccc2Oc2c(-c3ccc(C4(c5ccccc5)c5ccccc5-c5cc6ccccc6cc54)cc3)cccc21. The predicted molar refractivity (Wildman–Crippen MR) is 205 cm³/mol. The summed E-state index contributed by atoms with van der Waals surface area (Å²) >= 11 is 0. The van der Waals surface area contributed by atoms with E-state index in [1.165, 1.54) is 60.8 Å². The van der Waals surface area contributed by atoms with Gasteiger partial charge in [-0.25, -0.2) is 0 Å². The summed E-state index contributed by atoms with van der Waals surface area (Å²) < 4.78 is 6.83. The second-order valence-corrected chi connectivity index (χ2v) is 13.8. The van der Waals surface area contributed by atoms with E-state index in [0.717, 1.165) is 22.6 Å². The first-order chi connectivity index (χ1) is 24.7. The van der Waals surface area contributed by atoms with Crippen molar-refractivity contribution >= 4 is 10.8 Å². The van der Waals surface area contributed by atoms with Crippen molar-refractivity contribution in [2.24, 2.45) is 0 Å². The van der Waals surface area contributed by atoms with Crippen molar-refractivity contribution in [3.05, 3.63) is 227 Å². The van der Waals surface area contributed by atoms with E-state index >= 15 is 0 Å². The third-order valence-corrected chi connectivity index (χ3v) is 11.3. The van der Waals surface area contributed by atoms with E-state index in [0.29, 0.717) is 0 Å². The second kappa shape index (κ2) is 10.9. The summed E-state index contributed by atoms with van der Waals surface area (Å²) in [7, 11) is 0. The maximum absolute atomic E-state index is 6.83. The smallest absolute Gasteiger partial charge is 0.139 e. The molecule has 0 saturated heterocycles. The molecule has 1 aliphatic heterocycles. The molecule has 2 aliphatic rings. The molecule has 0 N–H and O–H groups in total. The third-order valence-electron chi connectivity index (χ3n) is 11.3. The molecule has 1 nitrogen and oxygen atoms in total. The molecule has 0 radical (unpaired) electrons. The highest BCUT2D eigenvalue weighted by Gasteiger charge is 2.46. The zero-order chi connectivity index (χ0) is 33.3. The summed E-state index contributed by atoms with van der Waals surface area (Å²) in [5.74, 6) is 1.83. The first-order valence-electron chi connectivity index (χ1n) is 17.4. The maximum atomic E-state index is 6.83. The minimum Gasteiger partial charge on any atom is -0.456 e. The summed E-state index contributed by atoms with van der Waals surface area (Å²) in [4.78, 5) is 0. The van der Waals surface area contributed by atoms with Gasteiger partial charge in [-0.3, -0.25) is 0 Å². The van der Waals surface area contributed by atoms with Crippen LogP contribution in [0, 0.1) is 0 Å². The molecule has 2 atom stereocenters. The fraction of sp³-hybridized carbons (Fsp3) is 0.0612. The Morgan fingerprint density at radius 3 is 1.70 bits per heavy atom. The molecule has 10 rings (SSSR count). The van der Waals surface area contributed by atoms with Crippen LogP contribution in [-0.4, -0.2) is 0 Å². The molecular formula is C49H34O. The van der Waals surface area contributed by atoms with Gasteiger partial charge >= 0.3 is 0 Å². The van der Waals surface area contributed by atoms with Crippen molar-refractivity contribution in [1.29, 1.82) is 0 Å². The zero-order valence-corrected chi connectivity index (χ0v) is 27.8. The largest absolute Gasteiger partial charge is 0.456 e. The molecule has 0 spiro atoms. The minimum atomic E-state index is -0.465. The summed E-state index contributed by atoms with van der Waals surface area (Å²) in [6.07, 6.45) is 0. The van der Waals surface area contributed by atoms with Crippen molar-refractivity contribution in [3.8, 4) is 33.8 Å². The van der Waals surface area contributed by atoms with Gasteiger partial charge in [0.25, 0.3) is 0 Å². The number of benzene rings is 8. The molecule has 2 unspecified atom stereocenters. The van der Waals surface area contributed by atoms with E-state index in [1.807, 2.05) is 0 Å². The number of para-hydroxylation sites is 2. The molecule has 1 heterocycles. The average molecular weight is 639 g/mol. The second-order valence-electron chi connectivity index (χ2n) is 13.8. The van der Waals surface area contributed by atoms with Crippen molar-refractivity contribution in [2.45, 2.75) is 17.8 Å². The highest BCUT2D eigenvalue weighted by Crippen LogP contribution is 2.58. The summed E-state index contributed by atoms with van der Waals surface area (Å²) in [6, 6.07) is 68.7. The van der Waals surface area contributed by atoms with E-state index in [2.05, 4.69) is 195 Å². The van der Waals surface area contributed by atoms with Crippen LogP contribution >= 0.6 is 0 Å². The van der Waals surface area contributed by atoms with Crippen LogP contribution in [0.15, 0.2) is 188 Å². The van der Waals surface area contributed by atoms with E-state index in [4.69, 9.17) is 4.74 Å². The number of hydrogen-bond acceptors (Lipinski definition) is 1. The van der Waals surface area contributed by atoms with Crippen LogP contribution in [0.5, 0.6) is 11.5 Å². The van der Waals surface area contributed by atoms with Gasteiger partial charge in [0.15, 0.2) is 0 Å². The number of hydrogen-bond donors (Lipinski definition) is 0. The normalized spacial score (nSPS) is 18.4. The lowest BCUT2D eigenvalue weighted by Crippen LogP contribution is -2.29. The fourth-order valence-corrected chi connectivity index (χ4v) is 8.91. The molecule has 0 fully saturated rings. The monoisotopic (exact) mass is 638 g/mol. The lowest BCUT2D eigenvalue weighted by molar-refractivity contribution is 0.429. The molecule has 0 saturated carbocycles. The maximum Gasteiger partial charge on any atom is 0.139 e. The fourth-order valence-electron chi connectivity index (χ4n) is 8.91. The van der Waals surface area contributed by atoms with Gasteiger partial charge in [0.05, 0.1) is 5.41 Å². The molecule has 1 heteroatoms. The molecule has 8 aromatic carbocycles. The summed E-state index contributed by atoms with van der Waals surface area (Å²) in [6.45, 7) is 2.33. The Labute approximate surface area is 293 Å². The molecule has 8 aromatic rings. The Balaban J connectivity index is 1.18. The van der Waals surface area contributed by atoms with Gasteiger partial charge in [-0.05, 0) is 80.4 Å². The number of rotatable bonds is 4.